The number of anilines is 2. The number of amides is 2. The van der Waals surface area contributed by atoms with Crippen molar-refractivity contribution in [1.82, 2.24) is 14.9 Å². The first kappa shape index (κ1) is 21.9. The molecule has 1 aliphatic rings. The van der Waals surface area contributed by atoms with Gasteiger partial charge in [0, 0.05) is 12.6 Å². The molecule has 0 aliphatic carbocycles. The van der Waals surface area contributed by atoms with E-state index in [9.17, 15) is 10.1 Å². The molecule has 0 saturated carbocycles. The molecule has 0 unspecified atom stereocenters. The van der Waals surface area contributed by atoms with Crippen molar-refractivity contribution in [3.05, 3.63) is 42.2 Å². The van der Waals surface area contributed by atoms with Crippen LogP contribution in [0, 0.1) is 11.3 Å². The molecule has 1 aromatic carbocycles. The molecule has 0 spiro atoms. The number of ether oxygens (including phenoxy) is 3. The number of rotatable bonds is 4. The van der Waals surface area contributed by atoms with Crippen molar-refractivity contribution in [3.63, 3.8) is 0 Å². The van der Waals surface area contributed by atoms with Crippen LogP contribution in [-0.4, -0.2) is 61.4 Å². The van der Waals surface area contributed by atoms with E-state index in [4.69, 9.17) is 14.2 Å². The molecule has 0 fully saturated rings. The zero-order chi connectivity index (χ0) is 22.1. The SMILES string of the molecule is CN(C)CCOc1ccc2c(c1)NC(=O)Nc1cnc(C#N)c(n1)OCC/C=C\CO2. The summed E-state index contributed by atoms with van der Waals surface area (Å²) < 4.78 is 17.1. The molecule has 162 valence electrons. The zero-order valence-electron chi connectivity index (χ0n) is 17.4. The Morgan fingerprint density at radius 1 is 1.26 bits per heavy atom. The van der Waals surface area contributed by atoms with Crippen molar-refractivity contribution in [1.29, 1.82) is 5.26 Å². The van der Waals surface area contributed by atoms with E-state index in [0.717, 1.165) is 6.54 Å². The van der Waals surface area contributed by atoms with Crippen molar-refractivity contribution in [2.24, 2.45) is 0 Å². The van der Waals surface area contributed by atoms with Crippen LogP contribution >= 0.6 is 0 Å². The quantitative estimate of drug-likeness (QED) is 0.719. The van der Waals surface area contributed by atoms with Gasteiger partial charge in [-0.2, -0.15) is 10.2 Å². The molecule has 31 heavy (non-hydrogen) atoms. The third-order valence-corrected chi connectivity index (χ3v) is 4.12. The van der Waals surface area contributed by atoms with Gasteiger partial charge in [0.2, 0.25) is 5.69 Å². The van der Waals surface area contributed by atoms with E-state index < -0.39 is 6.03 Å². The Bertz CT molecular complexity index is 986. The van der Waals surface area contributed by atoms with E-state index >= 15 is 0 Å². The van der Waals surface area contributed by atoms with Crippen LogP contribution in [0.15, 0.2) is 36.5 Å². The van der Waals surface area contributed by atoms with Gasteiger partial charge < -0.3 is 24.4 Å². The highest BCUT2D eigenvalue weighted by atomic mass is 16.5. The zero-order valence-corrected chi connectivity index (χ0v) is 17.4. The Kier molecular flexibility index (Phi) is 7.61. The van der Waals surface area contributed by atoms with Gasteiger partial charge in [0.15, 0.2) is 5.82 Å². The van der Waals surface area contributed by atoms with Crippen molar-refractivity contribution in [2.75, 3.05) is 51.1 Å². The number of carbonyl (C=O) groups excluding carboxylic acids is 1. The van der Waals surface area contributed by atoms with Crippen molar-refractivity contribution >= 4 is 17.5 Å². The molecule has 3 rings (SSSR count). The number of urea groups is 1. The van der Waals surface area contributed by atoms with Crippen molar-refractivity contribution in [2.45, 2.75) is 6.42 Å². The number of aromatic nitrogens is 2. The lowest BCUT2D eigenvalue weighted by molar-refractivity contribution is 0.260. The first-order valence-corrected chi connectivity index (χ1v) is 9.72. The highest BCUT2D eigenvalue weighted by Gasteiger charge is 2.14. The molecule has 2 aromatic rings. The van der Waals surface area contributed by atoms with Gasteiger partial charge in [0.25, 0.3) is 5.88 Å². The van der Waals surface area contributed by atoms with Gasteiger partial charge in [0.05, 0.1) is 18.5 Å². The van der Waals surface area contributed by atoms with Gasteiger partial charge in [-0.1, -0.05) is 12.2 Å². The van der Waals surface area contributed by atoms with Gasteiger partial charge in [-0.15, -0.1) is 0 Å². The van der Waals surface area contributed by atoms with E-state index in [-0.39, 0.29) is 17.4 Å². The number of likely N-dealkylation sites (N-methyl/N-ethyl adjacent to an activating group) is 1. The van der Waals surface area contributed by atoms with Crippen LogP contribution in [0.5, 0.6) is 17.4 Å². The smallest absolute Gasteiger partial charge is 0.325 e. The number of nitrogens with zero attached hydrogens (tertiary/aromatic N) is 4. The fourth-order valence-electron chi connectivity index (χ4n) is 2.60. The topological polar surface area (TPSA) is 122 Å². The summed E-state index contributed by atoms with van der Waals surface area (Å²) in [6, 6.07) is 6.61. The van der Waals surface area contributed by atoms with Crippen molar-refractivity contribution < 1.29 is 19.0 Å². The lowest BCUT2D eigenvalue weighted by Crippen LogP contribution is -2.21. The van der Waals surface area contributed by atoms with Crippen LogP contribution < -0.4 is 24.8 Å². The van der Waals surface area contributed by atoms with E-state index in [0.29, 0.717) is 43.4 Å². The minimum atomic E-state index is -0.550. The standard InChI is InChI=1S/C21H24N6O4/c1-27(2)8-11-29-15-6-7-18-16(12-15)24-21(28)26-19-14-23-17(13-22)20(25-19)31-10-5-3-4-9-30-18/h3-4,6-7,12,14H,5,8-11H2,1-2H3,(H2,24,25,26,28)/b4-3-. The average Bonchev–Trinajstić information content (AvgIpc) is 2.74. The predicted molar refractivity (Wildman–Crippen MR) is 115 cm³/mol. The summed E-state index contributed by atoms with van der Waals surface area (Å²) in [6.45, 7) is 1.88. The fraction of sp³-hybridized carbons (Fsp3) is 0.333. The van der Waals surface area contributed by atoms with Crippen LogP contribution in [0.1, 0.15) is 12.1 Å². The fourth-order valence-corrected chi connectivity index (χ4v) is 2.60. The molecule has 2 amide bonds. The number of hydrogen-bond acceptors (Lipinski definition) is 8. The van der Waals surface area contributed by atoms with E-state index in [1.165, 1.54) is 6.20 Å². The number of carbonyl (C=O) groups is 1. The van der Waals surface area contributed by atoms with Gasteiger partial charge >= 0.3 is 6.03 Å². The molecule has 2 heterocycles. The molecule has 0 atom stereocenters. The molecule has 1 aliphatic heterocycles. The number of fused-ring (bicyclic) bond motifs is 3. The van der Waals surface area contributed by atoms with Crippen molar-refractivity contribution in [3.8, 4) is 23.4 Å². The lowest BCUT2D eigenvalue weighted by atomic mass is 10.2. The van der Waals surface area contributed by atoms with E-state index in [1.54, 1.807) is 18.2 Å². The highest BCUT2D eigenvalue weighted by molar-refractivity contribution is 6.00. The molecule has 10 nitrogen and oxygen atoms in total. The first-order chi connectivity index (χ1) is 15.0. The minimum absolute atomic E-state index is 0.0486. The summed E-state index contributed by atoms with van der Waals surface area (Å²) in [5.74, 6) is 1.32. The average molecular weight is 424 g/mol. The summed E-state index contributed by atoms with van der Waals surface area (Å²) in [5.41, 5.74) is 0.494. The predicted octanol–water partition coefficient (Wildman–Crippen LogP) is 2.65. The number of benzene rings is 1. The summed E-state index contributed by atoms with van der Waals surface area (Å²) in [6.07, 6.45) is 5.64. The monoisotopic (exact) mass is 424 g/mol. The third-order valence-electron chi connectivity index (χ3n) is 4.12. The second-order valence-corrected chi connectivity index (χ2v) is 6.83. The maximum atomic E-state index is 12.5. The molecule has 2 bridgehead atoms. The number of hydrogen-bond donors (Lipinski definition) is 2. The number of nitriles is 1. The molecule has 10 heteroatoms. The van der Waals surface area contributed by atoms with Gasteiger partial charge in [-0.25, -0.2) is 9.78 Å². The second-order valence-electron chi connectivity index (χ2n) is 6.83. The minimum Gasteiger partial charge on any atom is -0.492 e. The summed E-state index contributed by atoms with van der Waals surface area (Å²) >= 11 is 0. The Hall–Kier alpha value is -3.84. The summed E-state index contributed by atoms with van der Waals surface area (Å²) in [7, 11) is 3.93. The van der Waals surface area contributed by atoms with Gasteiger partial charge in [0.1, 0.15) is 30.8 Å². The van der Waals surface area contributed by atoms with Crippen LogP contribution in [-0.2, 0) is 0 Å². The van der Waals surface area contributed by atoms with E-state index in [2.05, 4.69) is 20.6 Å². The molecule has 0 saturated heterocycles. The number of nitrogens with one attached hydrogen (secondary N) is 2. The van der Waals surface area contributed by atoms with Gasteiger partial charge in [-0.05, 0) is 32.6 Å². The normalized spacial score (nSPS) is 15.0. The van der Waals surface area contributed by atoms with Crippen LogP contribution in [0.4, 0.5) is 16.3 Å². The third kappa shape index (κ3) is 6.58. The highest BCUT2D eigenvalue weighted by Crippen LogP contribution is 2.30. The van der Waals surface area contributed by atoms with Crippen LogP contribution in [0.2, 0.25) is 0 Å². The second kappa shape index (κ2) is 10.8. The molecule has 0 radical (unpaired) electrons. The maximum absolute atomic E-state index is 12.5. The van der Waals surface area contributed by atoms with Crippen LogP contribution in [0.3, 0.4) is 0 Å². The van der Waals surface area contributed by atoms with E-state index in [1.807, 2.05) is 37.2 Å². The molecular formula is C21H24N6O4. The molecule has 2 N–H and O–H groups in total. The maximum Gasteiger partial charge on any atom is 0.325 e. The Labute approximate surface area is 180 Å². The Morgan fingerprint density at radius 3 is 2.94 bits per heavy atom. The largest absolute Gasteiger partial charge is 0.492 e. The first-order valence-electron chi connectivity index (χ1n) is 9.72. The Morgan fingerprint density at radius 2 is 2.13 bits per heavy atom. The van der Waals surface area contributed by atoms with Gasteiger partial charge in [-0.3, -0.25) is 5.32 Å². The summed E-state index contributed by atoms with van der Waals surface area (Å²) in [5, 5.41) is 14.5. The van der Waals surface area contributed by atoms with Crippen LogP contribution in [0.25, 0.3) is 0 Å². The Balaban J connectivity index is 1.83. The molecule has 1 aromatic heterocycles. The lowest BCUT2D eigenvalue weighted by Gasteiger charge is -2.15. The summed E-state index contributed by atoms with van der Waals surface area (Å²) in [4.78, 5) is 22.7. The molecular weight excluding hydrogens is 400 g/mol.